The summed E-state index contributed by atoms with van der Waals surface area (Å²) in [6, 6.07) is 10.3. The van der Waals surface area contributed by atoms with E-state index >= 15 is 0 Å². The van der Waals surface area contributed by atoms with Crippen molar-refractivity contribution < 1.29 is 4.79 Å². The molecule has 0 radical (unpaired) electrons. The highest BCUT2D eigenvalue weighted by Crippen LogP contribution is 2.29. The third-order valence-corrected chi connectivity index (χ3v) is 4.18. The van der Waals surface area contributed by atoms with Gasteiger partial charge >= 0.3 is 0 Å². The van der Waals surface area contributed by atoms with Crippen molar-refractivity contribution in [3.05, 3.63) is 53.3 Å². The van der Waals surface area contributed by atoms with Crippen LogP contribution in [0.2, 0.25) is 0 Å². The second-order valence-corrected chi connectivity index (χ2v) is 5.46. The largest absolute Gasteiger partial charge is 0.338 e. The SMILES string of the molecule is Cc1c(CN2C[C@H](c3ccccc3)CC2=O)cnn1C. The highest BCUT2D eigenvalue weighted by Gasteiger charge is 2.30. The molecule has 0 unspecified atom stereocenters. The van der Waals surface area contributed by atoms with Gasteiger partial charge in [-0.1, -0.05) is 30.3 Å². The van der Waals surface area contributed by atoms with Crippen molar-refractivity contribution in [1.82, 2.24) is 14.7 Å². The van der Waals surface area contributed by atoms with Crippen LogP contribution in [0.3, 0.4) is 0 Å². The van der Waals surface area contributed by atoms with E-state index < -0.39 is 0 Å². The molecule has 1 aromatic heterocycles. The zero-order chi connectivity index (χ0) is 14.1. The molecule has 3 rings (SSSR count). The maximum Gasteiger partial charge on any atom is 0.223 e. The molecule has 1 fully saturated rings. The van der Waals surface area contributed by atoms with Crippen molar-refractivity contribution in [3.63, 3.8) is 0 Å². The lowest BCUT2D eigenvalue weighted by Gasteiger charge is -2.16. The Balaban J connectivity index is 1.73. The molecule has 1 amide bonds. The summed E-state index contributed by atoms with van der Waals surface area (Å²) in [5.74, 6) is 0.558. The average molecular weight is 269 g/mol. The van der Waals surface area contributed by atoms with Gasteiger partial charge < -0.3 is 4.90 Å². The fourth-order valence-corrected chi connectivity index (χ4v) is 2.78. The molecule has 2 heterocycles. The Morgan fingerprint density at radius 2 is 2.05 bits per heavy atom. The average Bonchev–Trinajstić information content (AvgIpc) is 2.98. The fraction of sp³-hybridized carbons (Fsp3) is 0.375. The standard InChI is InChI=1S/C16H19N3O/c1-12-15(9-17-18(12)2)11-19-10-14(8-16(19)20)13-6-4-3-5-7-13/h3-7,9,14H,8,10-11H2,1-2H3/t14-/m1/s1. The number of hydrogen-bond donors (Lipinski definition) is 0. The first-order valence-corrected chi connectivity index (χ1v) is 6.95. The Kier molecular flexibility index (Phi) is 3.30. The molecule has 1 saturated heterocycles. The molecule has 2 aromatic rings. The normalized spacial score (nSPS) is 18.8. The minimum absolute atomic E-state index is 0.238. The lowest BCUT2D eigenvalue weighted by molar-refractivity contribution is -0.128. The number of aromatic nitrogens is 2. The molecule has 0 aliphatic carbocycles. The Morgan fingerprint density at radius 3 is 2.70 bits per heavy atom. The van der Waals surface area contributed by atoms with Crippen LogP contribution in [0.25, 0.3) is 0 Å². The first-order valence-electron chi connectivity index (χ1n) is 6.95. The molecule has 1 aliphatic rings. The van der Waals surface area contributed by atoms with Crippen LogP contribution >= 0.6 is 0 Å². The summed E-state index contributed by atoms with van der Waals surface area (Å²) in [7, 11) is 1.93. The van der Waals surface area contributed by atoms with E-state index in [1.807, 2.05) is 47.9 Å². The molecule has 0 saturated carbocycles. The van der Waals surface area contributed by atoms with Gasteiger partial charge in [0.25, 0.3) is 0 Å². The maximum absolute atomic E-state index is 12.2. The van der Waals surface area contributed by atoms with Gasteiger partial charge in [-0.3, -0.25) is 9.48 Å². The van der Waals surface area contributed by atoms with Gasteiger partial charge in [-0.05, 0) is 12.5 Å². The van der Waals surface area contributed by atoms with E-state index in [-0.39, 0.29) is 5.91 Å². The van der Waals surface area contributed by atoms with Crippen LogP contribution < -0.4 is 0 Å². The molecule has 20 heavy (non-hydrogen) atoms. The van der Waals surface area contributed by atoms with E-state index in [1.165, 1.54) is 5.56 Å². The van der Waals surface area contributed by atoms with Gasteiger partial charge in [0.05, 0.1) is 6.20 Å². The van der Waals surface area contributed by atoms with Crippen molar-refractivity contribution in [3.8, 4) is 0 Å². The van der Waals surface area contributed by atoms with E-state index in [4.69, 9.17) is 0 Å². The number of aryl methyl sites for hydroxylation is 1. The summed E-state index contributed by atoms with van der Waals surface area (Å²) >= 11 is 0. The van der Waals surface area contributed by atoms with Crippen LogP contribution in [0.15, 0.2) is 36.5 Å². The predicted octanol–water partition coefficient (Wildman–Crippen LogP) is 2.24. The van der Waals surface area contributed by atoms with Crippen molar-refractivity contribution in [2.45, 2.75) is 25.8 Å². The highest BCUT2D eigenvalue weighted by atomic mass is 16.2. The van der Waals surface area contributed by atoms with Gasteiger partial charge in [0.15, 0.2) is 0 Å². The van der Waals surface area contributed by atoms with E-state index in [2.05, 4.69) is 17.2 Å². The Bertz CT molecular complexity index is 618. The van der Waals surface area contributed by atoms with Crippen LogP contribution in [0.4, 0.5) is 0 Å². The smallest absolute Gasteiger partial charge is 0.223 e. The van der Waals surface area contributed by atoms with E-state index in [9.17, 15) is 4.79 Å². The quantitative estimate of drug-likeness (QED) is 0.857. The van der Waals surface area contributed by atoms with Gasteiger partial charge in [0, 0.05) is 43.7 Å². The summed E-state index contributed by atoms with van der Waals surface area (Å²) in [6.45, 7) is 3.51. The second kappa shape index (κ2) is 5.12. The van der Waals surface area contributed by atoms with Crippen molar-refractivity contribution in [1.29, 1.82) is 0 Å². The molecule has 0 bridgehead atoms. The Morgan fingerprint density at radius 1 is 1.30 bits per heavy atom. The zero-order valence-corrected chi connectivity index (χ0v) is 11.9. The first-order chi connectivity index (χ1) is 9.65. The molecule has 0 spiro atoms. The Hall–Kier alpha value is -2.10. The number of benzene rings is 1. The van der Waals surface area contributed by atoms with Gasteiger partial charge in [0.1, 0.15) is 0 Å². The number of nitrogens with zero attached hydrogens (tertiary/aromatic N) is 3. The van der Waals surface area contributed by atoms with Crippen LogP contribution in [0, 0.1) is 6.92 Å². The molecule has 4 heteroatoms. The number of amides is 1. The molecule has 1 aromatic carbocycles. The molecular formula is C16H19N3O. The second-order valence-electron chi connectivity index (χ2n) is 5.46. The molecular weight excluding hydrogens is 250 g/mol. The topological polar surface area (TPSA) is 38.1 Å². The Labute approximate surface area is 119 Å². The van der Waals surface area contributed by atoms with Gasteiger partial charge in [0.2, 0.25) is 5.91 Å². The number of hydrogen-bond acceptors (Lipinski definition) is 2. The van der Waals surface area contributed by atoms with Crippen LogP contribution in [-0.4, -0.2) is 27.1 Å². The third-order valence-electron chi connectivity index (χ3n) is 4.18. The van der Waals surface area contributed by atoms with E-state index in [0.29, 0.717) is 18.9 Å². The summed E-state index contributed by atoms with van der Waals surface area (Å²) in [6.07, 6.45) is 2.47. The van der Waals surface area contributed by atoms with Gasteiger partial charge in [-0.15, -0.1) is 0 Å². The summed E-state index contributed by atoms with van der Waals surface area (Å²) in [4.78, 5) is 14.1. The minimum atomic E-state index is 0.238. The summed E-state index contributed by atoms with van der Waals surface area (Å²) in [5.41, 5.74) is 3.52. The van der Waals surface area contributed by atoms with Crippen LogP contribution in [-0.2, 0) is 18.4 Å². The summed E-state index contributed by atoms with van der Waals surface area (Å²) in [5, 5.41) is 4.24. The molecule has 1 aliphatic heterocycles. The number of rotatable bonds is 3. The highest BCUT2D eigenvalue weighted by molar-refractivity contribution is 5.79. The minimum Gasteiger partial charge on any atom is -0.338 e. The lowest BCUT2D eigenvalue weighted by atomic mass is 9.99. The van der Waals surface area contributed by atoms with Crippen molar-refractivity contribution in [2.75, 3.05) is 6.54 Å². The number of carbonyl (C=O) groups is 1. The monoisotopic (exact) mass is 269 g/mol. The summed E-state index contributed by atoms with van der Waals surface area (Å²) < 4.78 is 1.85. The molecule has 104 valence electrons. The third kappa shape index (κ3) is 2.33. The van der Waals surface area contributed by atoms with E-state index in [1.54, 1.807) is 0 Å². The van der Waals surface area contributed by atoms with Crippen LogP contribution in [0.1, 0.15) is 29.2 Å². The maximum atomic E-state index is 12.2. The number of carbonyl (C=O) groups excluding carboxylic acids is 1. The fourth-order valence-electron chi connectivity index (χ4n) is 2.78. The van der Waals surface area contributed by atoms with Crippen molar-refractivity contribution >= 4 is 5.91 Å². The van der Waals surface area contributed by atoms with Gasteiger partial charge in [-0.2, -0.15) is 5.10 Å². The van der Waals surface area contributed by atoms with Gasteiger partial charge in [-0.25, -0.2) is 0 Å². The van der Waals surface area contributed by atoms with Crippen LogP contribution in [0.5, 0.6) is 0 Å². The number of likely N-dealkylation sites (tertiary alicyclic amines) is 1. The molecule has 1 atom stereocenters. The molecule has 4 nitrogen and oxygen atoms in total. The zero-order valence-electron chi connectivity index (χ0n) is 11.9. The lowest BCUT2D eigenvalue weighted by Crippen LogP contribution is -2.24. The van der Waals surface area contributed by atoms with Crippen molar-refractivity contribution in [2.24, 2.45) is 7.05 Å². The van der Waals surface area contributed by atoms with E-state index in [0.717, 1.165) is 17.8 Å². The first kappa shape index (κ1) is 12.9. The molecule has 0 N–H and O–H groups in total. The predicted molar refractivity (Wildman–Crippen MR) is 77.2 cm³/mol.